The number of amides is 3. The highest BCUT2D eigenvalue weighted by Gasteiger charge is 2.34. The second-order valence-corrected chi connectivity index (χ2v) is 7.32. The normalized spacial score (nSPS) is 16.5. The van der Waals surface area contributed by atoms with Gasteiger partial charge in [-0.3, -0.25) is 19.3 Å². The quantitative estimate of drug-likeness (QED) is 0.731. The second kappa shape index (κ2) is 8.15. The molecule has 7 nitrogen and oxygen atoms in total. The van der Waals surface area contributed by atoms with Crippen molar-refractivity contribution in [3.05, 3.63) is 64.1 Å². The highest BCUT2D eigenvalue weighted by molar-refractivity contribution is 8.18. The zero-order chi connectivity index (χ0) is 21.3. The lowest BCUT2D eigenvalue weighted by atomic mass is 10.2. The molecule has 30 heavy (non-hydrogen) atoms. The predicted molar refractivity (Wildman–Crippen MR) is 104 cm³/mol. The van der Waals surface area contributed by atoms with Gasteiger partial charge in [0, 0.05) is 13.1 Å². The summed E-state index contributed by atoms with van der Waals surface area (Å²) in [6.07, 6.45) is 1.56. The largest absolute Gasteiger partial charge is 0.454 e. The Bertz CT molecular complexity index is 1090. The van der Waals surface area contributed by atoms with E-state index < -0.39 is 34.3 Å². The maximum atomic E-state index is 13.6. The van der Waals surface area contributed by atoms with Gasteiger partial charge < -0.3 is 14.8 Å². The molecule has 1 saturated heterocycles. The van der Waals surface area contributed by atoms with Crippen molar-refractivity contribution in [1.82, 2.24) is 10.2 Å². The van der Waals surface area contributed by atoms with Gasteiger partial charge in [0.25, 0.3) is 17.1 Å². The van der Waals surface area contributed by atoms with Gasteiger partial charge in [-0.2, -0.15) is 0 Å². The fraction of sp³-hybridized carbons (Fsp3) is 0.150. The topological polar surface area (TPSA) is 84.9 Å². The molecule has 10 heteroatoms. The summed E-state index contributed by atoms with van der Waals surface area (Å²) >= 11 is 0.774. The third-order valence-corrected chi connectivity index (χ3v) is 5.27. The van der Waals surface area contributed by atoms with Gasteiger partial charge in [0.05, 0.1) is 10.5 Å². The molecule has 4 rings (SSSR count). The van der Waals surface area contributed by atoms with Gasteiger partial charge in [-0.15, -0.1) is 0 Å². The Morgan fingerprint density at radius 2 is 1.93 bits per heavy atom. The fourth-order valence-corrected chi connectivity index (χ4v) is 3.76. The number of thioether (sulfide) groups is 1. The number of nitrogens with zero attached hydrogens (tertiary/aromatic N) is 1. The minimum atomic E-state index is -0.869. The zero-order valence-electron chi connectivity index (χ0n) is 15.3. The van der Waals surface area contributed by atoms with E-state index in [1.165, 1.54) is 0 Å². The maximum Gasteiger partial charge on any atom is 0.293 e. The molecule has 2 heterocycles. The van der Waals surface area contributed by atoms with E-state index >= 15 is 0 Å². The molecule has 0 unspecified atom stereocenters. The number of hydrogen-bond acceptors (Lipinski definition) is 6. The summed E-state index contributed by atoms with van der Waals surface area (Å²) in [7, 11) is 0. The third-order valence-electron chi connectivity index (χ3n) is 4.36. The van der Waals surface area contributed by atoms with Crippen molar-refractivity contribution in [2.75, 3.05) is 19.9 Å². The van der Waals surface area contributed by atoms with Crippen LogP contribution in [0.15, 0.2) is 41.3 Å². The van der Waals surface area contributed by atoms with Crippen molar-refractivity contribution in [3.8, 4) is 11.5 Å². The Morgan fingerprint density at radius 3 is 2.77 bits per heavy atom. The van der Waals surface area contributed by atoms with Gasteiger partial charge in [-0.1, -0.05) is 6.07 Å². The van der Waals surface area contributed by atoms with Crippen LogP contribution in [0.5, 0.6) is 11.5 Å². The molecule has 1 N–H and O–H groups in total. The molecule has 0 spiro atoms. The average molecular weight is 432 g/mol. The highest BCUT2D eigenvalue weighted by atomic mass is 32.2. The van der Waals surface area contributed by atoms with Crippen LogP contribution in [0.1, 0.15) is 15.9 Å². The summed E-state index contributed by atoms with van der Waals surface area (Å²) in [5.74, 6) is -1.81. The van der Waals surface area contributed by atoms with E-state index in [0.29, 0.717) is 17.1 Å². The van der Waals surface area contributed by atoms with Gasteiger partial charge in [0.2, 0.25) is 6.79 Å². The SMILES string of the molecule is O=C(NCCN1C(=O)SC(=Cc2ccc3c(c2)OCO3)C1=O)c1cc(F)ccc1F. The molecule has 3 amide bonds. The molecule has 2 aliphatic heterocycles. The highest BCUT2D eigenvalue weighted by Crippen LogP contribution is 2.36. The fourth-order valence-electron chi connectivity index (χ4n) is 2.90. The van der Waals surface area contributed by atoms with Crippen LogP contribution in [0.4, 0.5) is 13.6 Å². The van der Waals surface area contributed by atoms with Crippen molar-refractivity contribution in [2.24, 2.45) is 0 Å². The molecule has 0 aromatic heterocycles. The van der Waals surface area contributed by atoms with Crippen molar-refractivity contribution >= 4 is 34.9 Å². The van der Waals surface area contributed by atoms with E-state index in [1.54, 1.807) is 24.3 Å². The van der Waals surface area contributed by atoms with E-state index in [9.17, 15) is 23.2 Å². The molecule has 1 fully saturated rings. The van der Waals surface area contributed by atoms with E-state index in [0.717, 1.165) is 34.9 Å². The van der Waals surface area contributed by atoms with E-state index in [-0.39, 0.29) is 24.8 Å². The maximum absolute atomic E-state index is 13.6. The van der Waals surface area contributed by atoms with Crippen LogP contribution in [0.2, 0.25) is 0 Å². The number of halogens is 2. The standard InChI is InChI=1S/C20H14F2N2O5S/c21-12-2-3-14(22)13(9-12)18(25)23-5-6-24-19(26)17(30-20(24)27)8-11-1-4-15-16(7-11)29-10-28-15/h1-4,7-9H,5-6,10H2,(H,23,25). The van der Waals surface area contributed by atoms with Gasteiger partial charge >= 0.3 is 0 Å². The first-order valence-electron chi connectivity index (χ1n) is 8.80. The van der Waals surface area contributed by atoms with Crippen LogP contribution in [0, 0.1) is 11.6 Å². The molecule has 0 radical (unpaired) electrons. The Morgan fingerprint density at radius 1 is 1.13 bits per heavy atom. The average Bonchev–Trinajstić information content (AvgIpc) is 3.29. The smallest absolute Gasteiger partial charge is 0.293 e. The molecule has 2 aromatic carbocycles. The molecule has 2 aromatic rings. The summed E-state index contributed by atoms with van der Waals surface area (Å²) in [4.78, 5) is 37.9. The number of nitrogens with one attached hydrogen (secondary N) is 1. The number of hydrogen-bond donors (Lipinski definition) is 1. The number of imide groups is 1. The monoisotopic (exact) mass is 432 g/mol. The first-order valence-corrected chi connectivity index (χ1v) is 9.62. The number of benzene rings is 2. The third kappa shape index (κ3) is 3.99. The number of fused-ring (bicyclic) bond motifs is 1. The Hall–Kier alpha value is -3.40. The molecule has 0 saturated carbocycles. The van der Waals surface area contributed by atoms with Gasteiger partial charge in [0.15, 0.2) is 11.5 Å². The number of ether oxygens (including phenoxy) is 2. The van der Waals surface area contributed by atoms with Crippen molar-refractivity contribution in [3.63, 3.8) is 0 Å². The van der Waals surface area contributed by atoms with Crippen molar-refractivity contribution < 1.29 is 32.6 Å². The van der Waals surface area contributed by atoms with Crippen LogP contribution < -0.4 is 14.8 Å². The lowest BCUT2D eigenvalue weighted by Gasteiger charge is -2.13. The predicted octanol–water partition coefficient (Wildman–Crippen LogP) is 3.16. The molecule has 0 aliphatic carbocycles. The summed E-state index contributed by atoms with van der Waals surface area (Å²) in [5, 5.41) is 1.89. The number of carbonyl (C=O) groups excluding carboxylic acids is 3. The first kappa shape index (κ1) is 19.9. The van der Waals surface area contributed by atoms with Gasteiger partial charge in [-0.25, -0.2) is 8.78 Å². The lowest BCUT2D eigenvalue weighted by Crippen LogP contribution is -2.37. The van der Waals surface area contributed by atoms with Gasteiger partial charge in [-0.05, 0) is 53.7 Å². The minimum absolute atomic E-state index is 0.105. The molecule has 2 aliphatic rings. The summed E-state index contributed by atoms with van der Waals surface area (Å²) in [6.45, 7) is -0.0868. The first-order chi connectivity index (χ1) is 14.4. The Labute approximate surface area is 173 Å². The van der Waals surface area contributed by atoms with Crippen LogP contribution in [0.3, 0.4) is 0 Å². The van der Waals surface area contributed by atoms with E-state index in [1.807, 2.05) is 0 Å². The summed E-state index contributed by atoms with van der Waals surface area (Å²) in [6, 6.07) is 7.66. The Kier molecular flexibility index (Phi) is 5.40. The van der Waals surface area contributed by atoms with E-state index in [2.05, 4.69) is 5.32 Å². The summed E-state index contributed by atoms with van der Waals surface area (Å²) < 4.78 is 37.4. The summed E-state index contributed by atoms with van der Waals surface area (Å²) in [5.41, 5.74) is 0.214. The van der Waals surface area contributed by atoms with Crippen LogP contribution in [0.25, 0.3) is 6.08 Å². The van der Waals surface area contributed by atoms with Crippen molar-refractivity contribution in [1.29, 1.82) is 0 Å². The lowest BCUT2D eigenvalue weighted by molar-refractivity contribution is -0.122. The van der Waals surface area contributed by atoms with Crippen LogP contribution >= 0.6 is 11.8 Å². The second-order valence-electron chi connectivity index (χ2n) is 6.33. The molecule has 154 valence electrons. The molecule has 0 bridgehead atoms. The van der Waals surface area contributed by atoms with Crippen LogP contribution in [-0.2, 0) is 4.79 Å². The minimum Gasteiger partial charge on any atom is -0.454 e. The molecular weight excluding hydrogens is 418 g/mol. The zero-order valence-corrected chi connectivity index (χ0v) is 16.1. The number of carbonyl (C=O) groups is 3. The molecule has 0 atom stereocenters. The Balaban J connectivity index is 1.38. The van der Waals surface area contributed by atoms with E-state index in [4.69, 9.17) is 9.47 Å². The van der Waals surface area contributed by atoms with Gasteiger partial charge in [0.1, 0.15) is 11.6 Å². The number of rotatable bonds is 5. The molecular formula is C20H14F2N2O5S. The van der Waals surface area contributed by atoms with Crippen LogP contribution in [-0.4, -0.2) is 41.8 Å². The van der Waals surface area contributed by atoms with Crippen molar-refractivity contribution in [2.45, 2.75) is 0 Å².